The lowest BCUT2D eigenvalue weighted by Gasteiger charge is -2.33. The number of halogens is 3. The van der Waals surface area contributed by atoms with E-state index in [2.05, 4.69) is 5.32 Å². The van der Waals surface area contributed by atoms with E-state index < -0.39 is 28.5 Å². The van der Waals surface area contributed by atoms with Crippen LogP contribution in [0.2, 0.25) is 15.1 Å². The molecular weight excluding hydrogens is 605 g/mol. The normalized spacial score (nSPS) is 14.7. The second kappa shape index (κ2) is 13.9. The molecule has 0 bridgehead atoms. The first kappa shape index (κ1) is 31.2. The molecule has 0 radical (unpaired) electrons. The maximum atomic E-state index is 14.0. The molecule has 41 heavy (non-hydrogen) atoms. The fourth-order valence-electron chi connectivity index (χ4n) is 4.90. The molecule has 1 N–H and O–H groups in total. The molecule has 1 atom stereocenters. The molecule has 0 saturated heterocycles. The van der Waals surface area contributed by atoms with E-state index in [0.717, 1.165) is 36.4 Å². The number of hydrogen-bond donors (Lipinski definition) is 1. The minimum atomic E-state index is -4.23. The van der Waals surface area contributed by atoms with Crippen LogP contribution in [0.4, 0.5) is 5.69 Å². The lowest BCUT2D eigenvalue weighted by atomic mass is 9.95. The zero-order chi connectivity index (χ0) is 29.6. The number of rotatable bonds is 10. The zero-order valence-corrected chi connectivity index (χ0v) is 25.7. The summed E-state index contributed by atoms with van der Waals surface area (Å²) in [7, 11) is -4.23. The molecular formula is C30H32Cl3N3O4S. The summed E-state index contributed by atoms with van der Waals surface area (Å²) in [6.07, 6.45) is 5.00. The minimum Gasteiger partial charge on any atom is -0.352 e. The number of nitrogens with zero attached hydrogens (tertiary/aromatic N) is 2. The Morgan fingerprint density at radius 1 is 0.902 bits per heavy atom. The van der Waals surface area contributed by atoms with Crippen LogP contribution in [0.5, 0.6) is 0 Å². The van der Waals surface area contributed by atoms with Gasteiger partial charge in [0.1, 0.15) is 12.6 Å². The van der Waals surface area contributed by atoms with Crippen molar-refractivity contribution in [3.63, 3.8) is 0 Å². The summed E-state index contributed by atoms with van der Waals surface area (Å²) in [4.78, 5) is 28.8. The van der Waals surface area contributed by atoms with Crippen LogP contribution in [0.1, 0.15) is 44.6 Å². The van der Waals surface area contributed by atoms with Gasteiger partial charge in [0.2, 0.25) is 11.8 Å². The first-order valence-electron chi connectivity index (χ1n) is 13.4. The summed E-state index contributed by atoms with van der Waals surface area (Å²) >= 11 is 18.7. The number of carbonyl (C=O) groups is 2. The number of carbonyl (C=O) groups excluding carboxylic acids is 2. The molecule has 1 saturated carbocycles. The molecule has 218 valence electrons. The van der Waals surface area contributed by atoms with Crippen LogP contribution in [-0.4, -0.2) is 43.8 Å². The third kappa shape index (κ3) is 7.95. The van der Waals surface area contributed by atoms with E-state index in [1.165, 1.54) is 35.2 Å². The Morgan fingerprint density at radius 3 is 2.24 bits per heavy atom. The first-order chi connectivity index (χ1) is 19.6. The SMILES string of the molecule is CC(C(=O)NC1CCCCC1)N(Cc1cccc(Cl)c1)C(=O)CN(c1ccc(Cl)cc1Cl)S(=O)(=O)c1ccccc1. The fraction of sp³-hybridized carbons (Fsp3) is 0.333. The molecule has 3 aromatic rings. The molecule has 3 aromatic carbocycles. The lowest BCUT2D eigenvalue weighted by Crippen LogP contribution is -2.53. The van der Waals surface area contributed by atoms with E-state index >= 15 is 0 Å². The van der Waals surface area contributed by atoms with E-state index in [9.17, 15) is 18.0 Å². The van der Waals surface area contributed by atoms with Gasteiger partial charge in [-0.2, -0.15) is 0 Å². The van der Waals surface area contributed by atoms with Gasteiger partial charge in [0.05, 0.1) is 15.6 Å². The van der Waals surface area contributed by atoms with Crippen LogP contribution in [0.25, 0.3) is 0 Å². The van der Waals surface area contributed by atoms with Crippen molar-refractivity contribution in [2.75, 3.05) is 10.8 Å². The molecule has 1 fully saturated rings. The van der Waals surface area contributed by atoms with Crippen molar-refractivity contribution in [3.05, 3.63) is 93.4 Å². The number of benzene rings is 3. The Morgan fingerprint density at radius 2 is 1.59 bits per heavy atom. The molecule has 4 rings (SSSR count). The molecule has 0 aromatic heterocycles. The molecule has 0 heterocycles. The van der Waals surface area contributed by atoms with Crippen molar-refractivity contribution in [1.29, 1.82) is 0 Å². The molecule has 1 unspecified atom stereocenters. The predicted octanol–water partition coefficient (Wildman–Crippen LogP) is 6.71. The third-order valence-corrected chi connectivity index (χ3v) is 9.70. The number of amides is 2. The van der Waals surface area contributed by atoms with Crippen LogP contribution in [0.15, 0.2) is 77.7 Å². The van der Waals surface area contributed by atoms with Gasteiger partial charge < -0.3 is 10.2 Å². The van der Waals surface area contributed by atoms with E-state index in [0.29, 0.717) is 15.6 Å². The van der Waals surface area contributed by atoms with Gasteiger partial charge in [-0.25, -0.2) is 8.42 Å². The third-order valence-electron chi connectivity index (χ3n) is 7.15. The Balaban J connectivity index is 1.69. The highest BCUT2D eigenvalue weighted by Crippen LogP contribution is 2.33. The van der Waals surface area contributed by atoms with Crippen LogP contribution in [-0.2, 0) is 26.2 Å². The van der Waals surface area contributed by atoms with E-state index in [4.69, 9.17) is 34.8 Å². The van der Waals surface area contributed by atoms with Crippen molar-refractivity contribution in [1.82, 2.24) is 10.2 Å². The molecule has 0 spiro atoms. The van der Waals surface area contributed by atoms with Crippen LogP contribution in [0.3, 0.4) is 0 Å². The maximum absolute atomic E-state index is 14.0. The molecule has 0 aliphatic heterocycles. The monoisotopic (exact) mass is 635 g/mol. The zero-order valence-electron chi connectivity index (χ0n) is 22.6. The lowest BCUT2D eigenvalue weighted by molar-refractivity contribution is -0.139. The molecule has 1 aliphatic rings. The van der Waals surface area contributed by atoms with Crippen molar-refractivity contribution in [2.24, 2.45) is 0 Å². The number of sulfonamides is 1. The summed E-state index contributed by atoms with van der Waals surface area (Å²) in [6, 6.07) is 18.3. The summed E-state index contributed by atoms with van der Waals surface area (Å²) in [6.45, 7) is 1.10. The largest absolute Gasteiger partial charge is 0.352 e. The van der Waals surface area contributed by atoms with Gasteiger partial charge in [0.15, 0.2) is 0 Å². The summed E-state index contributed by atoms with van der Waals surface area (Å²) < 4.78 is 28.7. The summed E-state index contributed by atoms with van der Waals surface area (Å²) in [5.41, 5.74) is 0.792. The predicted molar refractivity (Wildman–Crippen MR) is 164 cm³/mol. The van der Waals surface area contributed by atoms with Gasteiger partial charge in [0, 0.05) is 22.6 Å². The van der Waals surface area contributed by atoms with Gasteiger partial charge in [0.25, 0.3) is 10.0 Å². The number of nitrogens with one attached hydrogen (secondary N) is 1. The fourth-order valence-corrected chi connectivity index (χ4v) is 7.13. The number of hydrogen-bond acceptors (Lipinski definition) is 4. The second-order valence-electron chi connectivity index (χ2n) is 10.1. The summed E-state index contributed by atoms with van der Waals surface area (Å²) in [5.74, 6) is -0.879. The van der Waals surface area contributed by atoms with Gasteiger partial charge >= 0.3 is 0 Å². The summed E-state index contributed by atoms with van der Waals surface area (Å²) in [5, 5.41) is 3.94. The Kier molecular flexibility index (Phi) is 10.6. The second-order valence-corrected chi connectivity index (χ2v) is 13.2. The minimum absolute atomic E-state index is 0.0108. The van der Waals surface area contributed by atoms with E-state index in [1.54, 1.807) is 49.4 Å². The topological polar surface area (TPSA) is 86.8 Å². The Labute approximate surface area is 256 Å². The highest BCUT2D eigenvalue weighted by atomic mass is 35.5. The molecule has 1 aliphatic carbocycles. The van der Waals surface area contributed by atoms with Crippen molar-refractivity contribution in [2.45, 2.75) is 62.6 Å². The van der Waals surface area contributed by atoms with Crippen LogP contribution < -0.4 is 9.62 Å². The molecule has 11 heteroatoms. The first-order valence-corrected chi connectivity index (χ1v) is 16.0. The number of anilines is 1. The van der Waals surface area contributed by atoms with Crippen LogP contribution >= 0.6 is 34.8 Å². The average Bonchev–Trinajstić information content (AvgIpc) is 2.95. The van der Waals surface area contributed by atoms with Crippen molar-refractivity contribution in [3.8, 4) is 0 Å². The van der Waals surface area contributed by atoms with E-state index in [1.807, 2.05) is 0 Å². The molecule has 2 amide bonds. The Hall–Kier alpha value is -2.78. The highest BCUT2D eigenvalue weighted by molar-refractivity contribution is 7.92. The average molecular weight is 637 g/mol. The van der Waals surface area contributed by atoms with Crippen LogP contribution in [0, 0.1) is 0 Å². The van der Waals surface area contributed by atoms with Gasteiger partial charge in [-0.1, -0.05) is 84.4 Å². The van der Waals surface area contributed by atoms with Gasteiger partial charge in [-0.15, -0.1) is 0 Å². The smallest absolute Gasteiger partial charge is 0.264 e. The van der Waals surface area contributed by atoms with Crippen molar-refractivity contribution < 1.29 is 18.0 Å². The quantitative estimate of drug-likeness (QED) is 0.268. The molecule has 7 nitrogen and oxygen atoms in total. The van der Waals surface area contributed by atoms with E-state index in [-0.39, 0.29) is 34.1 Å². The van der Waals surface area contributed by atoms with Crippen molar-refractivity contribution >= 4 is 62.3 Å². The van der Waals surface area contributed by atoms with Gasteiger partial charge in [-0.05, 0) is 67.8 Å². The maximum Gasteiger partial charge on any atom is 0.264 e. The highest BCUT2D eigenvalue weighted by Gasteiger charge is 2.34. The Bertz CT molecular complexity index is 1480. The van der Waals surface area contributed by atoms with Gasteiger partial charge in [-0.3, -0.25) is 13.9 Å². The standard InChI is InChI=1S/C30H32Cl3N3O4S/c1-21(30(38)34-25-11-4-2-5-12-25)35(19-22-9-8-10-23(31)17-22)29(37)20-36(28-16-15-24(32)18-27(28)33)41(39,40)26-13-6-3-7-14-26/h3,6-10,13-18,21,25H,2,4-5,11-12,19-20H2,1H3,(H,34,38).